The van der Waals surface area contributed by atoms with Gasteiger partial charge in [0.05, 0.1) is 0 Å². The standard InChI is InChI=1S/C16H27N3O3/c1-10(2)12(4)17-13(20)9-19-14(21)16(18-15(19)22)8-6-5-7-11(16)3/h10-12H,5-9H2,1-4H3,(H,17,20)(H,18,22)/t11-,12-,16+/m0/s1. The van der Waals surface area contributed by atoms with E-state index < -0.39 is 11.6 Å². The molecule has 2 aliphatic rings. The zero-order chi connectivity index (χ0) is 16.5. The van der Waals surface area contributed by atoms with E-state index in [-0.39, 0.29) is 30.3 Å². The molecule has 1 aliphatic heterocycles. The highest BCUT2D eigenvalue weighted by Crippen LogP contribution is 2.38. The highest BCUT2D eigenvalue weighted by atomic mass is 16.2. The van der Waals surface area contributed by atoms with Crippen LogP contribution in [0.1, 0.15) is 53.4 Å². The highest BCUT2D eigenvalue weighted by Gasteiger charge is 2.55. The number of nitrogens with zero attached hydrogens (tertiary/aromatic N) is 1. The quantitative estimate of drug-likeness (QED) is 0.775. The molecule has 6 nitrogen and oxygen atoms in total. The van der Waals surface area contributed by atoms with Gasteiger partial charge in [-0.05, 0) is 31.6 Å². The van der Waals surface area contributed by atoms with Gasteiger partial charge >= 0.3 is 6.03 Å². The van der Waals surface area contributed by atoms with Crippen molar-refractivity contribution in [1.82, 2.24) is 15.5 Å². The van der Waals surface area contributed by atoms with Crippen LogP contribution in [0.2, 0.25) is 0 Å². The maximum absolute atomic E-state index is 12.7. The molecule has 0 radical (unpaired) electrons. The van der Waals surface area contributed by atoms with Crippen molar-refractivity contribution in [3.63, 3.8) is 0 Å². The molecule has 3 atom stereocenters. The number of carbonyl (C=O) groups is 3. The Morgan fingerprint density at radius 2 is 2.05 bits per heavy atom. The first kappa shape index (κ1) is 16.8. The molecule has 4 amide bonds. The van der Waals surface area contributed by atoms with Crippen LogP contribution in [0.3, 0.4) is 0 Å². The molecule has 1 heterocycles. The monoisotopic (exact) mass is 309 g/mol. The zero-order valence-electron chi connectivity index (χ0n) is 13.9. The molecule has 0 aromatic carbocycles. The number of hydrogen-bond acceptors (Lipinski definition) is 3. The van der Waals surface area contributed by atoms with Crippen LogP contribution in [-0.4, -0.2) is 40.9 Å². The van der Waals surface area contributed by atoms with Crippen LogP contribution in [0.5, 0.6) is 0 Å². The van der Waals surface area contributed by atoms with E-state index in [4.69, 9.17) is 0 Å². The van der Waals surface area contributed by atoms with E-state index in [9.17, 15) is 14.4 Å². The van der Waals surface area contributed by atoms with Crippen molar-refractivity contribution in [3.8, 4) is 0 Å². The Hall–Kier alpha value is -1.59. The third-order valence-corrected chi connectivity index (χ3v) is 5.19. The Morgan fingerprint density at radius 1 is 1.36 bits per heavy atom. The van der Waals surface area contributed by atoms with Gasteiger partial charge in [-0.1, -0.05) is 33.6 Å². The first-order chi connectivity index (χ1) is 10.3. The van der Waals surface area contributed by atoms with E-state index in [1.165, 1.54) is 0 Å². The molecule has 1 aliphatic carbocycles. The Kier molecular flexibility index (Phi) is 4.78. The third kappa shape index (κ3) is 2.96. The molecule has 1 saturated carbocycles. The Bertz CT molecular complexity index is 477. The molecule has 2 rings (SSSR count). The molecule has 2 fully saturated rings. The average molecular weight is 309 g/mol. The molecular weight excluding hydrogens is 282 g/mol. The summed E-state index contributed by atoms with van der Waals surface area (Å²) in [4.78, 5) is 38.0. The van der Waals surface area contributed by atoms with Crippen LogP contribution < -0.4 is 10.6 Å². The third-order valence-electron chi connectivity index (χ3n) is 5.19. The molecule has 1 spiro atoms. The van der Waals surface area contributed by atoms with E-state index in [0.717, 1.165) is 24.2 Å². The number of urea groups is 1. The molecule has 0 bridgehead atoms. The fraction of sp³-hybridized carbons (Fsp3) is 0.812. The number of nitrogens with one attached hydrogen (secondary N) is 2. The first-order valence-electron chi connectivity index (χ1n) is 8.21. The van der Waals surface area contributed by atoms with E-state index >= 15 is 0 Å². The summed E-state index contributed by atoms with van der Waals surface area (Å²) in [5, 5.41) is 5.69. The second-order valence-electron chi connectivity index (χ2n) is 7.04. The molecule has 1 saturated heterocycles. The lowest BCUT2D eigenvalue weighted by molar-refractivity contribution is -0.137. The first-order valence-corrected chi connectivity index (χ1v) is 8.21. The van der Waals surface area contributed by atoms with Gasteiger partial charge in [-0.3, -0.25) is 14.5 Å². The summed E-state index contributed by atoms with van der Waals surface area (Å²) in [5.74, 6) is -0.112. The van der Waals surface area contributed by atoms with Crippen LogP contribution in [0.25, 0.3) is 0 Å². The number of carbonyl (C=O) groups excluding carboxylic acids is 3. The highest BCUT2D eigenvalue weighted by molar-refractivity contribution is 6.09. The van der Waals surface area contributed by atoms with E-state index in [2.05, 4.69) is 10.6 Å². The fourth-order valence-electron chi connectivity index (χ4n) is 3.25. The van der Waals surface area contributed by atoms with Crippen molar-refractivity contribution < 1.29 is 14.4 Å². The summed E-state index contributed by atoms with van der Waals surface area (Å²) in [7, 11) is 0. The molecular formula is C16H27N3O3. The van der Waals surface area contributed by atoms with E-state index in [1.807, 2.05) is 27.7 Å². The normalized spacial score (nSPS) is 29.9. The minimum absolute atomic E-state index is 0.0100. The fourth-order valence-corrected chi connectivity index (χ4v) is 3.25. The van der Waals surface area contributed by atoms with Gasteiger partial charge < -0.3 is 10.6 Å². The number of hydrogen-bond donors (Lipinski definition) is 2. The SMILES string of the molecule is CC(C)[C@H](C)NC(=O)CN1C(=O)N[C@@]2(CCCC[C@@H]2C)C1=O. The Labute approximate surface area is 132 Å². The van der Waals surface area contributed by atoms with Gasteiger partial charge in [0.1, 0.15) is 12.1 Å². The molecule has 0 aromatic heterocycles. The predicted molar refractivity (Wildman–Crippen MR) is 83.1 cm³/mol. The lowest BCUT2D eigenvalue weighted by atomic mass is 9.73. The minimum Gasteiger partial charge on any atom is -0.352 e. The summed E-state index contributed by atoms with van der Waals surface area (Å²) < 4.78 is 0. The van der Waals surface area contributed by atoms with Gasteiger partial charge in [0, 0.05) is 6.04 Å². The Morgan fingerprint density at radius 3 is 2.64 bits per heavy atom. The van der Waals surface area contributed by atoms with Gasteiger partial charge in [-0.15, -0.1) is 0 Å². The number of amides is 4. The predicted octanol–water partition coefficient (Wildman–Crippen LogP) is 1.65. The van der Waals surface area contributed by atoms with Crippen LogP contribution in [0, 0.1) is 11.8 Å². The largest absolute Gasteiger partial charge is 0.352 e. The van der Waals surface area contributed by atoms with Crippen molar-refractivity contribution in [2.45, 2.75) is 65.0 Å². The van der Waals surface area contributed by atoms with Crippen molar-refractivity contribution in [2.75, 3.05) is 6.54 Å². The summed E-state index contributed by atoms with van der Waals surface area (Å²) in [6, 6.07) is -0.429. The molecule has 0 unspecified atom stereocenters. The van der Waals surface area contributed by atoms with E-state index in [1.54, 1.807) is 0 Å². The Balaban J connectivity index is 2.05. The second-order valence-corrected chi connectivity index (χ2v) is 7.04. The summed E-state index contributed by atoms with van der Waals surface area (Å²) in [6.45, 7) is 7.74. The van der Waals surface area contributed by atoms with Gasteiger partial charge in [0.2, 0.25) is 5.91 Å². The molecule has 2 N–H and O–H groups in total. The van der Waals surface area contributed by atoms with Crippen molar-refractivity contribution in [3.05, 3.63) is 0 Å². The van der Waals surface area contributed by atoms with Crippen molar-refractivity contribution in [2.24, 2.45) is 11.8 Å². The maximum Gasteiger partial charge on any atom is 0.325 e. The molecule has 22 heavy (non-hydrogen) atoms. The average Bonchev–Trinajstić information content (AvgIpc) is 2.67. The summed E-state index contributed by atoms with van der Waals surface area (Å²) in [6.07, 6.45) is 3.61. The smallest absolute Gasteiger partial charge is 0.325 e. The lowest BCUT2D eigenvalue weighted by Crippen LogP contribution is -2.54. The molecule has 0 aromatic rings. The molecule has 124 valence electrons. The number of imide groups is 1. The van der Waals surface area contributed by atoms with E-state index in [0.29, 0.717) is 12.3 Å². The van der Waals surface area contributed by atoms with Crippen LogP contribution in [0.15, 0.2) is 0 Å². The van der Waals surface area contributed by atoms with Crippen LogP contribution in [-0.2, 0) is 9.59 Å². The van der Waals surface area contributed by atoms with Crippen LogP contribution >= 0.6 is 0 Å². The van der Waals surface area contributed by atoms with Crippen molar-refractivity contribution >= 4 is 17.8 Å². The summed E-state index contributed by atoms with van der Waals surface area (Å²) >= 11 is 0. The second kappa shape index (κ2) is 6.26. The maximum atomic E-state index is 12.7. The van der Waals surface area contributed by atoms with Crippen molar-refractivity contribution in [1.29, 1.82) is 0 Å². The lowest BCUT2D eigenvalue weighted by Gasteiger charge is -2.36. The summed E-state index contributed by atoms with van der Waals surface area (Å²) in [5.41, 5.74) is -0.792. The van der Waals surface area contributed by atoms with Gasteiger partial charge in [0.15, 0.2) is 0 Å². The molecule has 6 heteroatoms. The topological polar surface area (TPSA) is 78.5 Å². The number of rotatable bonds is 4. The minimum atomic E-state index is -0.792. The van der Waals surface area contributed by atoms with Gasteiger partial charge in [0.25, 0.3) is 5.91 Å². The van der Waals surface area contributed by atoms with Gasteiger partial charge in [-0.25, -0.2) is 4.79 Å². The zero-order valence-corrected chi connectivity index (χ0v) is 13.9. The van der Waals surface area contributed by atoms with Crippen LogP contribution in [0.4, 0.5) is 4.79 Å². The van der Waals surface area contributed by atoms with Gasteiger partial charge in [-0.2, -0.15) is 0 Å².